The molecule has 1 fully saturated rings. The summed E-state index contributed by atoms with van der Waals surface area (Å²) >= 11 is 1.33. The number of rotatable bonds is 5. The highest BCUT2D eigenvalue weighted by Gasteiger charge is 2.34. The zero-order valence-corrected chi connectivity index (χ0v) is 19.8. The zero-order chi connectivity index (χ0) is 23.8. The van der Waals surface area contributed by atoms with Crippen molar-refractivity contribution >= 4 is 32.4 Å². The van der Waals surface area contributed by atoms with E-state index in [-0.39, 0.29) is 31.8 Å². The minimum Gasteiger partial charge on any atom is -0.302 e. The average molecular weight is 492 g/mol. The van der Waals surface area contributed by atoms with Crippen molar-refractivity contribution in [1.29, 1.82) is 0 Å². The molecule has 0 radical (unpaired) electrons. The molecule has 0 unspecified atom stereocenters. The van der Waals surface area contributed by atoms with Gasteiger partial charge in [-0.3, -0.25) is 4.79 Å². The van der Waals surface area contributed by atoms with Crippen LogP contribution in [0.1, 0.15) is 24.0 Å². The Kier molecular flexibility index (Phi) is 6.60. The van der Waals surface area contributed by atoms with Crippen LogP contribution in [0.15, 0.2) is 46.7 Å². The Labute approximate surface area is 195 Å². The van der Waals surface area contributed by atoms with Gasteiger partial charge in [0.15, 0.2) is 5.13 Å². The highest BCUT2D eigenvalue weighted by atomic mass is 32.2. The Morgan fingerprint density at radius 3 is 2.58 bits per heavy atom. The van der Waals surface area contributed by atoms with Crippen molar-refractivity contribution in [3.63, 3.8) is 0 Å². The van der Waals surface area contributed by atoms with E-state index in [2.05, 4.69) is 10.3 Å². The molecule has 2 heterocycles. The van der Waals surface area contributed by atoms with Crippen molar-refractivity contribution in [3.8, 4) is 11.3 Å². The lowest BCUT2D eigenvalue weighted by Gasteiger charge is -2.30. The smallest absolute Gasteiger partial charge is 0.246 e. The van der Waals surface area contributed by atoms with Gasteiger partial charge >= 0.3 is 0 Å². The molecule has 174 valence electrons. The molecule has 0 bridgehead atoms. The first-order valence-electron chi connectivity index (χ1n) is 10.4. The second-order valence-electron chi connectivity index (χ2n) is 8.10. The van der Waals surface area contributed by atoms with E-state index in [1.807, 2.05) is 37.4 Å². The predicted octanol–water partition coefficient (Wildman–Crippen LogP) is 4.74. The highest BCUT2D eigenvalue weighted by molar-refractivity contribution is 7.89. The van der Waals surface area contributed by atoms with Gasteiger partial charge in [0.25, 0.3) is 0 Å². The number of carbonyl (C=O) groups is 1. The number of aromatic nitrogens is 1. The topological polar surface area (TPSA) is 79.4 Å². The number of halogens is 2. The number of benzene rings is 2. The first-order chi connectivity index (χ1) is 15.6. The summed E-state index contributed by atoms with van der Waals surface area (Å²) in [5.41, 5.74) is 4.01. The molecular formula is C23H23F2N3O3S2. The van der Waals surface area contributed by atoms with E-state index in [0.717, 1.165) is 38.8 Å². The Morgan fingerprint density at radius 1 is 1.12 bits per heavy atom. The van der Waals surface area contributed by atoms with Crippen LogP contribution in [-0.2, 0) is 14.8 Å². The predicted molar refractivity (Wildman–Crippen MR) is 123 cm³/mol. The number of hydrogen-bond acceptors (Lipinski definition) is 5. The molecule has 4 rings (SSSR count). The van der Waals surface area contributed by atoms with Crippen LogP contribution in [0.3, 0.4) is 0 Å². The first-order valence-corrected chi connectivity index (χ1v) is 12.8. The van der Waals surface area contributed by atoms with Gasteiger partial charge < -0.3 is 5.32 Å². The fourth-order valence-corrected chi connectivity index (χ4v) is 6.11. The van der Waals surface area contributed by atoms with Crippen LogP contribution in [0.5, 0.6) is 0 Å². The van der Waals surface area contributed by atoms with E-state index in [9.17, 15) is 22.0 Å². The first kappa shape index (κ1) is 23.5. The summed E-state index contributed by atoms with van der Waals surface area (Å²) in [7, 11) is -4.18. The maximum absolute atomic E-state index is 14.0. The van der Waals surface area contributed by atoms with Crippen molar-refractivity contribution in [1.82, 2.24) is 9.29 Å². The fraction of sp³-hybridized carbons (Fsp3) is 0.304. The molecule has 1 amide bonds. The third kappa shape index (κ3) is 4.97. The summed E-state index contributed by atoms with van der Waals surface area (Å²) < 4.78 is 54.0. The number of carbonyl (C=O) groups excluding carboxylic acids is 1. The van der Waals surface area contributed by atoms with E-state index in [4.69, 9.17) is 0 Å². The van der Waals surface area contributed by atoms with E-state index in [1.54, 1.807) is 0 Å². The van der Waals surface area contributed by atoms with Gasteiger partial charge in [-0.05, 0) is 56.5 Å². The Morgan fingerprint density at radius 2 is 1.85 bits per heavy atom. The summed E-state index contributed by atoms with van der Waals surface area (Å²) in [6, 6.07) is 8.45. The molecule has 3 aromatic rings. The molecule has 33 heavy (non-hydrogen) atoms. The summed E-state index contributed by atoms with van der Waals surface area (Å²) in [6.45, 7) is 4.10. The number of aryl methyl sites for hydroxylation is 2. The maximum Gasteiger partial charge on any atom is 0.246 e. The molecule has 1 aliphatic heterocycles. The van der Waals surface area contributed by atoms with Gasteiger partial charge in [-0.25, -0.2) is 22.2 Å². The molecule has 2 aromatic carbocycles. The normalized spacial score (nSPS) is 15.5. The summed E-state index contributed by atoms with van der Waals surface area (Å²) in [5.74, 6) is -2.46. The molecule has 1 saturated heterocycles. The largest absolute Gasteiger partial charge is 0.302 e. The van der Waals surface area contributed by atoms with Gasteiger partial charge in [0.2, 0.25) is 15.9 Å². The molecule has 10 heteroatoms. The molecular weight excluding hydrogens is 468 g/mol. The maximum atomic E-state index is 14.0. The fourth-order valence-electron chi connectivity index (χ4n) is 3.85. The van der Waals surface area contributed by atoms with Gasteiger partial charge in [0.1, 0.15) is 16.5 Å². The monoisotopic (exact) mass is 491 g/mol. The van der Waals surface area contributed by atoms with Gasteiger partial charge in [-0.15, -0.1) is 11.3 Å². The number of amides is 1. The van der Waals surface area contributed by atoms with E-state index < -0.39 is 32.5 Å². The quantitative estimate of drug-likeness (QED) is 0.559. The molecule has 1 aliphatic rings. The van der Waals surface area contributed by atoms with E-state index >= 15 is 0 Å². The second kappa shape index (κ2) is 9.28. The minimum absolute atomic E-state index is 0.0436. The van der Waals surface area contributed by atoms with Gasteiger partial charge in [0.05, 0.1) is 5.69 Å². The van der Waals surface area contributed by atoms with Gasteiger partial charge in [0, 0.05) is 30.0 Å². The number of sulfonamides is 1. The summed E-state index contributed by atoms with van der Waals surface area (Å²) in [4.78, 5) is 16.6. The average Bonchev–Trinajstić information content (AvgIpc) is 3.25. The standard InChI is InChI=1S/C23H23F2N3O3S2/c1-14-3-4-15(2)18(11-14)20-13-32-23(26-20)27-22(29)16-7-9-28(10-8-16)33(30,31)21-12-17(24)5-6-19(21)25/h3-6,11-13,16H,7-10H2,1-2H3,(H,26,27,29). The summed E-state index contributed by atoms with van der Waals surface area (Å²) in [6.07, 6.45) is 0.550. The van der Waals surface area contributed by atoms with Crippen molar-refractivity contribution in [3.05, 3.63) is 64.5 Å². The van der Waals surface area contributed by atoms with Crippen LogP contribution in [0.4, 0.5) is 13.9 Å². The number of nitrogens with one attached hydrogen (secondary N) is 1. The molecule has 6 nitrogen and oxygen atoms in total. The van der Waals surface area contributed by atoms with Crippen molar-refractivity contribution in [2.75, 3.05) is 18.4 Å². The Hall–Kier alpha value is -2.69. The molecule has 1 N–H and O–H groups in total. The second-order valence-corrected chi connectivity index (χ2v) is 10.9. The Balaban J connectivity index is 1.40. The lowest BCUT2D eigenvalue weighted by Crippen LogP contribution is -2.41. The highest BCUT2D eigenvalue weighted by Crippen LogP contribution is 2.30. The molecule has 0 spiro atoms. The molecule has 1 aromatic heterocycles. The number of hydrogen-bond donors (Lipinski definition) is 1. The minimum atomic E-state index is -4.18. The van der Waals surface area contributed by atoms with Gasteiger partial charge in [-0.1, -0.05) is 17.7 Å². The lowest BCUT2D eigenvalue weighted by molar-refractivity contribution is -0.120. The van der Waals surface area contributed by atoms with Crippen LogP contribution in [0.2, 0.25) is 0 Å². The number of nitrogens with zero attached hydrogens (tertiary/aromatic N) is 2. The van der Waals surface area contributed by atoms with Crippen molar-refractivity contribution in [2.24, 2.45) is 5.92 Å². The molecule has 0 saturated carbocycles. The molecule has 0 atom stereocenters. The number of piperidine rings is 1. The number of thiazole rings is 1. The van der Waals surface area contributed by atoms with Crippen LogP contribution in [-0.4, -0.2) is 36.7 Å². The van der Waals surface area contributed by atoms with Crippen LogP contribution in [0.25, 0.3) is 11.3 Å². The van der Waals surface area contributed by atoms with Crippen LogP contribution < -0.4 is 5.32 Å². The van der Waals surface area contributed by atoms with Gasteiger partial charge in [-0.2, -0.15) is 4.31 Å². The SMILES string of the molecule is Cc1ccc(C)c(-c2csc(NC(=O)C3CCN(S(=O)(=O)c4cc(F)ccc4F)CC3)n2)c1. The van der Waals surface area contributed by atoms with Crippen LogP contribution in [0, 0.1) is 31.4 Å². The van der Waals surface area contributed by atoms with Crippen LogP contribution >= 0.6 is 11.3 Å². The zero-order valence-electron chi connectivity index (χ0n) is 18.1. The summed E-state index contributed by atoms with van der Waals surface area (Å²) in [5, 5.41) is 5.20. The van der Waals surface area contributed by atoms with Crippen molar-refractivity contribution < 1.29 is 22.0 Å². The lowest BCUT2D eigenvalue weighted by atomic mass is 9.97. The number of anilines is 1. The van der Waals surface area contributed by atoms with E-state index in [1.165, 1.54) is 11.3 Å². The Bertz CT molecular complexity index is 1300. The van der Waals surface area contributed by atoms with E-state index in [0.29, 0.717) is 11.2 Å². The van der Waals surface area contributed by atoms with Crippen molar-refractivity contribution in [2.45, 2.75) is 31.6 Å². The third-order valence-corrected chi connectivity index (χ3v) is 8.41. The third-order valence-electron chi connectivity index (χ3n) is 5.74. The molecule has 0 aliphatic carbocycles.